The molecule has 0 aliphatic heterocycles. The molecular formula is C17H24O2. The third-order valence-electron chi connectivity index (χ3n) is 3.87. The fraction of sp³-hybridized carbons (Fsp3) is 0.529. The summed E-state index contributed by atoms with van der Waals surface area (Å²) in [6.07, 6.45) is 2.44. The summed E-state index contributed by atoms with van der Waals surface area (Å²) in [5.41, 5.74) is 1.19. The van der Waals surface area contributed by atoms with Crippen LogP contribution in [0.4, 0.5) is 0 Å². The van der Waals surface area contributed by atoms with E-state index in [4.69, 9.17) is 0 Å². The first-order chi connectivity index (χ1) is 9.06. The smallest absolute Gasteiger partial charge is 0.166 e. The lowest BCUT2D eigenvalue weighted by Crippen LogP contribution is -2.19. The Morgan fingerprint density at radius 2 is 1.37 bits per heavy atom. The molecule has 1 aromatic carbocycles. The SMILES string of the molecule is CCC(C)C(=O)c1ccccc1C(=O)C(CC)CC. The van der Waals surface area contributed by atoms with E-state index in [0.717, 1.165) is 19.3 Å². The molecule has 0 N–H and O–H groups in total. The Morgan fingerprint density at radius 1 is 0.895 bits per heavy atom. The molecule has 0 saturated heterocycles. The second-order valence-electron chi connectivity index (χ2n) is 5.10. The minimum Gasteiger partial charge on any atom is -0.294 e. The van der Waals surface area contributed by atoms with Crippen LogP contribution in [-0.2, 0) is 0 Å². The lowest BCUT2D eigenvalue weighted by atomic mass is 9.86. The van der Waals surface area contributed by atoms with Crippen LogP contribution in [0.15, 0.2) is 24.3 Å². The maximum absolute atomic E-state index is 12.5. The summed E-state index contributed by atoms with van der Waals surface area (Å²) in [5.74, 6) is 0.177. The van der Waals surface area contributed by atoms with Crippen LogP contribution in [-0.4, -0.2) is 11.6 Å². The molecule has 2 heteroatoms. The fourth-order valence-corrected chi connectivity index (χ4v) is 2.24. The molecule has 0 aliphatic rings. The lowest BCUT2D eigenvalue weighted by Gasteiger charge is -2.15. The van der Waals surface area contributed by atoms with Crippen molar-refractivity contribution in [2.24, 2.45) is 11.8 Å². The van der Waals surface area contributed by atoms with Gasteiger partial charge in [-0.2, -0.15) is 0 Å². The van der Waals surface area contributed by atoms with Gasteiger partial charge >= 0.3 is 0 Å². The topological polar surface area (TPSA) is 34.1 Å². The molecule has 0 aromatic heterocycles. The number of carbonyl (C=O) groups is 2. The largest absolute Gasteiger partial charge is 0.294 e. The van der Waals surface area contributed by atoms with Crippen molar-refractivity contribution in [2.75, 3.05) is 0 Å². The van der Waals surface area contributed by atoms with E-state index in [9.17, 15) is 9.59 Å². The van der Waals surface area contributed by atoms with Gasteiger partial charge in [-0.25, -0.2) is 0 Å². The summed E-state index contributed by atoms with van der Waals surface area (Å²) in [5, 5.41) is 0. The van der Waals surface area contributed by atoms with Gasteiger partial charge in [0.25, 0.3) is 0 Å². The molecule has 1 atom stereocenters. The summed E-state index contributed by atoms with van der Waals surface area (Å²) in [4.78, 5) is 24.8. The number of Topliss-reactive ketones (excluding diaryl/α,β-unsaturated/α-hetero) is 2. The molecule has 2 nitrogen and oxygen atoms in total. The zero-order valence-corrected chi connectivity index (χ0v) is 12.4. The Kier molecular flexibility index (Phi) is 5.94. The van der Waals surface area contributed by atoms with E-state index < -0.39 is 0 Å². The second-order valence-corrected chi connectivity index (χ2v) is 5.10. The highest BCUT2D eigenvalue weighted by atomic mass is 16.1. The summed E-state index contributed by atoms with van der Waals surface area (Å²) < 4.78 is 0. The Hall–Kier alpha value is -1.44. The van der Waals surface area contributed by atoms with Gasteiger partial charge < -0.3 is 0 Å². The molecule has 0 spiro atoms. The normalized spacial score (nSPS) is 12.5. The van der Waals surface area contributed by atoms with Crippen LogP contribution >= 0.6 is 0 Å². The number of hydrogen-bond donors (Lipinski definition) is 0. The van der Waals surface area contributed by atoms with Gasteiger partial charge in [0, 0.05) is 23.0 Å². The van der Waals surface area contributed by atoms with Crippen LogP contribution in [0.25, 0.3) is 0 Å². The van der Waals surface area contributed by atoms with Crippen molar-refractivity contribution in [3.05, 3.63) is 35.4 Å². The molecule has 0 bridgehead atoms. The molecular weight excluding hydrogens is 236 g/mol. The van der Waals surface area contributed by atoms with Gasteiger partial charge in [-0.1, -0.05) is 52.0 Å². The Bertz CT molecular complexity index is 444. The number of rotatable bonds is 7. The second kappa shape index (κ2) is 7.22. The molecule has 1 aromatic rings. The summed E-state index contributed by atoms with van der Waals surface area (Å²) in [6, 6.07) is 7.24. The van der Waals surface area contributed by atoms with Crippen LogP contribution in [0, 0.1) is 11.8 Å². The monoisotopic (exact) mass is 260 g/mol. The Morgan fingerprint density at radius 3 is 1.79 bits per heavy atom. The van der Waals surface area contributed by atoms with Crippen molar-refractivity contribution in [1.82, 2.24) is 0 Å². The average Bonchev–Trinajstić information content (AvgIpc) is 2.46. The Labute approximate surface area is 116 Å². The first-order valence-electron chi connectivity index (χ1n) is 7.24. The first kappa shape index (κ1) is 15.6. The van der Waals surface area contributed by atoms with E-state index in [1.807, 2.05) is 39.8 Å². The van der Waals surface area contributed by atoms with Gasteiger partial charge in [0.15, 0.2) is 11.6 Å². The van der Waals surface area contributed by atoms with E-state index in [2.05, 4.69) is 0 Å². The molecule has 0 saturated carbocycles. The number of carbonyl (C=O) groups excluding carboxylic acids is 2. The average molecular weight is 260 g/mol. The molecule has 1 unspecified atom stereocenters. The van der Waals surface area contributed by atoms with Crippen LogP contribution in [0.3, 0.4) is 0 Å². The zero-order valence-electron chi connectivity index (χ0n) is 12.4. The zero-order chi connectivity index (χ0) is 14.4. The van der Waals surface area contributed by atoms with E-state index in [1.54, 1.807) is 12.1 Å². The molecule has 1 rings (SSSR count). The predicted molar refractivity (Wildman–Crippen MR) is 78.6 cm³/mol. The van der Waals surface area contributed by atoms with Crippen LogP contribution < -0.4 is 0 Å². The molecule has 104 valence electrons. The van der Waals surface area contributed by atoms with E-state index in [-0.39, 0.29) is 23.4 Å². The quantitative estimate of drug-likeness (QED) is 0.675. The summed E-state index contributed by atoms with van der Waals surface area (Å²) in [7, 11) is 0. The standard InChI is InChI=1S/C17H24O2/c1-5-12(4)16(18)14-10-8-9-11-15(14)17(19)13(6-2)7-3/h8-13H,5-7H2,1-4H3. The van der Waals surface area contributed by atoms with E-state index in [0.29, 0.717) is 11.1 Å². The predicted octanol–water partition coefficient (Wildman–Crippen LogP) is 4.53. The van der Waals surface area contributed by atoms with Crippen LogP contribution in [0.2, 0.25) is 0 Å². The number of ketones is 2. The highest BCUT2D eigenvalue weighted by molar-refractivity contribution is 6.10. The van der Waals surface area contributed by atoms with Gasteiger partial charge in [-0.15, -0.1) is 0 Å². The lowest BCUT2D eigenvalue weighted by molar-refractivity contribution is 0.0885. The fourth-order valence-electron chi connectivity index (χ4n) is 2.24. The summed E-state index contributed by atoms with van der Waals surface area (Å²) in [6.45, 7) is 7.95. The van der Waals surface area contributed by atoms with Crippen molar-refractivity contribution < 1.29 is 9.59 Å². The third kappa shape index (κ3) is 3.52. The highest BCUT2D eigenvalue weighted by Crippen LogP contribution is 2.22. The van der Waals surface area contributed by atoms with Crippen molar-refractivity contribution in [2.45, 2.75) is 47.0 Å². The highest BCUT2D eigenvalue weighted by Gasteiger charge is 2.23. The molecule has 19 heavy (non-hydrogen) atoms. The van der Waals surface area contributed by atoms with Crippen molar-refractivity contribution >= 4 is 11.6 Å². The van der Waals surface area contributed by atoms with Gasteiger partial charge in [-0.05, 0) is 19.3 Å². The van der Waals surface area contributed by atoms with Crippen molar-refractivity contribution in [1.29, 1.82) is 0 Å². The number of benzene rings is 1. The van der Waals surface area contributed by atoms with E-state index in [1.165, 1.54) is 0 Å². The molecule has 0 heterocycles. The van der Waals surface area contributed by atoms with Crippen LogP contribution in [0.1, 0.15) is 67.7 Å². The Balaban J connectivity index is 3.15. The van der Waals surface area contributed by atoms with Crippen molar-refractivity contribution in [3.63, 3.8) is 0 Å². The molecule has 0 fully saturated rings. The minimum absolute atomic E-state index is 0.0193. The summed E-state index contributed by atoms with van der Waals surface area (Å²) >= 11 is 0. The van der Waals surface area contributed by atoms with Crippen LogP contribution in [0.5, 0.6) is 0 Å². The van der Waals surface area contributed by atoms with Gasteiger partial charge in [0.1, 0.15) is 0 Å². The molecule has 0 aliphatic carbocycles. The van der Waals surface area contributed by atoms with Gasteiger partial charge in [-0.3, -0.25) is 9.59 Å². The maximum atomic E-state index is 12.5. The number of hydrogen-bond acceptors (Lipinski definition) is 2. The first-order valence-corrected chi connectivity index (χ1v) is 7.24. The van der Waals surface area contributed by atoms with Gasteiger partial charge in [0.05, 0.1) is 0 Å². The maximum Gasteiger partial charge on any atom is 0.166 e. The minimum atomic E-state index is -0.0318. The third-order valence-corrected chi connectivity index (χ3v) is 3.87. The molecule has 0 radical (unpaired) electrons. The van der Waals surface area contributed by atoms with Gasteiger partial charge in [0.2, 0.25) is 0 Å². The molecule has 0 amide bonds. The van der Waals surface area contributed by atoms with E-state index >= 15 is 0 Å². The van der Waals surface area contributed by atoms with Crippen molar-refractivity contribution in [3.8, 4) is 0 Å².